The molecule has 3 heterocycles. The zero-order chi connectivity index (χ0) is 23.4. The average molecular weight is 475 g/mol. The number of aromatic nitrogens is 2. The van der Waals surface area contributed by atoms with Crippen LogP contribution < -0.4 is 16.0 Å². The van der Waals surface area contributed by atoms with Crippen molar-refractivity contribution in [3.63, 3.8) is 0 Å². The predicted molar refractivity (Wildman–Crippen MR) is 134 cm³/mol. The van der Waals surface area contributed by atoms with Crippen molar-refractivity contribution in [2.24, 2.45) is 5.73 Å². The molecular weight excluding hydrogens is 448 g/mol. The molecule has 3 aliphatic rings. The number of hydrogen-bond acceptors (Lipinski definition) is 6. The number of benzene rings is 2. The average Bonchev–Trinajstić information content (AvgIpc) is 3.59. The summed E-state index contributed by atoms with van der Waals surface area (Å²) < 4.78 is 0. The van der Waals surface area contributed by atoms with Gasteiger partial charge in [-0.2, -0.15) is 4.98 Å². The van der Waals surface area contributed by atoms with E-state index in [2.05, 4.69) is 34.4 Å². The maximum Gasteiger partial charge on any atom is 0.229 e. The molecule has 1 aromatic heterocycles. The highest BCUT2D eigenvalue weighted by molar-refractivity contribution is 6.33. The molecular formula is C26H27ClN6O. The Morgan fingerprint density at radius 2 is 2.03 bits per heavy atom. The lowest BCUT2D eigenvalue weighted by molar-refractivity contribution is -0.119. The molecule has 7 nitrogen and oxygen atoms in total. The number of anilines is 4. The highest BCUT2D eigenvalue weighted by Crippen LogP contribution is 2.45. The Morgan fingerprint density at radius 1 is 1.21 bits per heavy atom. The summed E-state index contributed by atoms with van der Waals surface area (Å²) in [6.07, 6.45) is 5.25. The summed E-state index contributed by atoms with van der Waals surface area (Å²) in [5.74, 6) is 0.954. The van der Waals surface area contributed by atoms with E-state index in [-0.39, 0.29) is 5.91 Å². The number of hydrogen-bond donors (Lipinski definition) is 2. The van der Waals surface area contributed by atoms with E-state index in [9.17, 15) is 4.79 Å². The molecule has 1 unspecified atom stereocenters. The Labute approximate surface area is 203 Å². The van der Waals surface area contributed by atoms with Crippen molar-refractivity contribution in [2.75, 3.05) is 30.4 Å². The van der Waals surface area contributed by atoms with E-state index in [0.717, 1.165) is 36.4 Å². The largest absolute Gasteiger partial charge is 0.369 e. The fraction of sp³-hybridized carbons (Fsp3) is 0.346. The van der Waals surface area contributed by atoms with Gasteiger partial charge in [0.05, 0.1) is 12.1 Å². The number of carbonyl (C=O) groups is 1. The number of primary amides is 1. The van der Waals surface area contributed by atoms with Crippen LogP contribution in [0.25, 0.3) is 0 Å². The highest BCUT2D eigenvalue weighted by atomic mass is 35.5. The molecule has 0 spiro atoms. The first-order valence-electron chi connectivity index (χ1n) is 11.8. The number of para-hydroxylation sites is 1. The van der Waals surface area contributed by atoms with Crippen molar-refractivity contribution in [3.05, 3.63) is 69.9 Å². The van der Waals surface area contributed by atoms with Crippen molar-refractivity contribution in [2.45, 2.75) is 37.6 Å². The van der Waals surface area contributed by atoms with Crippen LogP contribution in [0, 0.1) is 0 Å². The Kier molecular flexibility index (Phi) is 5.19. The maximum absolute atomic E-state index is 12.1. The first-order valence-corrected chi connectivity index (χ1v) is 12.2. The number of carbonyl (C=O) groups excluding carboxylic acids is 1. The molecule has 0 bridgehead atoms. The van der Waals surface area contributed by atoms with Gasteiger partial charge in [-0.15, -0.1) is 0 Å². The smallest absolute Gasteiger partial charge is 0.229 e. The molecule has 8 heteroatoms. The summed E-state index contributed by atoms with van der Waals surface area (Å²) in [4.78, 5) is 25.6. The maximum atomic E-state index is 12.1. The molecule has 2 aliphatic heterocycles. The monoisotopic (exact) mass is 474 g/mol. The van der Waals surface area contributed by atoms with Gasteiger partial charge in [0.15, 0.2) is 5.82 Å². The number of halogens is 1. The number of fused-ring (bicyclic) bond motifs is 2. The second kappa shape index (κ2) is 8.25. The minimum absolute atomic E-state index is 0.356. The molecule has 34 heavy (non-hydrogen) atoms. The van der Waals surface area contributed by atoms with E-state index >= 15 is 0 Å². The van der Waals surface area contributed by atoms with E-state index in [1.54, 1.807) is 6.20 Å². The third-order valence-corrected chi connectivity index (χ3v) is 7.39. The van der Waals surface area contributed by atoms with Gasteiger partial charge in [0, 0.05) is 31.0 Å². The van der Waals surface area contributed by atoms with Crippen LogP contribution in [-0.4, -0.2) is 40.9 Å². The summed E-state index contributed by atoms with van der Waals surface area (Å²) in [5, 5.41) is 3.85. The minimum Gasteiger partial charge on any atom is -0.369 e. The van der Waals surface area contributed by atoms with Gasteiger partial charge in [-0.1, -0.05) is 29.8 Å². The van der Waals surface area contributed by atoms with Crippen LogP contribution in [0.15, 0.2) is 42.6 Å². The number of nitrogens with two attached hydrogens (primary N) is 1. The SMILES string of the molecule is CN1CCc2c(cc(Nc3ncc(Cl)c(N4CC(C(N)=O)c5ccccc54)n3)cc2C2CC2)C1. The van der Waals surface area contributed by atoms with Crippen LogP contribution in [-0.2, 0) is 17.8 Å². The Bertz CT molecular complexity index is 1290. The fourth-order valence-electron chi connectivity index (χ4n) is 5.29. The number of rotatable bonds is 5. The number of amides is 1. The molecule has 2 aromatic carbocycles. The fourth-order valence-corrected chi connectivity index (χ4v) is 5.49. The van der Waals surface area contributed by atoms with Gasteiger partial charge >= 0.3 is 0 Å². The van der Waals surface area contributed by atoms with Crippen LogP contribution in [0.2, 0.25) is 5.02 Å². The first kappa shape index (κ1) is 21.4. The van der Waals surface area contributed by atoms with Gasteiger partial charge in [-0.3, -0.25) is 4.79 Å². The van der Waals surface area contributed by atoms with E-state index in [1.807, 2.05) is 29.2 Å². The number of nitrogens with zero attached hydrogens (tertiary/aromatic N) is 4. The molecule has 3 aromatic rings. The molecule has 0 saturated heterocycles. The van der Waals surface area contributed by atoms with E-state index in [0.29, 0.717) is 29.3 Å². The van der Waals surface area contributed by atoms with Crippen LogP contribution in [0.5, 0.6) is 0 Å². The molecule has 0 radical (unpaired) electrons. The van der Waals surface area contributed by atoms with Crippen molar-refractivity contribution in [1.29, 1.82) is 0 Å². The molecule has 1 atom stereocenters. The second-order valence-electron chi connectivity index (χ2n) is 9.58. The molecule has 174 valence electrons. The summed E-state index contributed by atoms with van der Waals surface area (Å²) in [6.45, 7) is 2.46. The summed E-state index contributed by atoms with van der Waals surface area (Å²) in [5.41, 5.74) is 12.9. The Morgan fingerprint density at radius 3 is 2.82 bits per heavy atom. The zero-order valence-corrected chi connectivity index (χ0v) is 19.8. The van der Waals surface area contributed by atoms with Crippen LogP contribution in [0.4, 0.5) is 23.1 Å². The van der Waals surface area contributed by atoms with E-state index in [4.69, 9.17) is 22.3 Å². The quantitative estimate of drug-likeness (QED) is 0.567. The zero-order valence-electron chi connectivity index (χ0n) is 19.1. The third-order valence-electron chi connectivity index (χ3n) is 7.13. The number of likely N-dealkylation sites (N-methyl/N-ethyl adjacent to an activating group) is 1. The van der Waals surface area contributed by atoms with Gasteiger partial charge in [0.2, 0.25) is 11.9 Å². The standard InChI is InChI=1S/C26H27ClN6O/c1-32-9-8-18-16(13-32)10-17(11-20(18)15-6-7-15)30-26-29-12-22(27)25(31-26)33-14-21(24(28)34)19-4-2-3-5-23(19)33/h2-5,10-12,15,21H,6-9,13-14H2,1H3,(H2,28,34)(H,29,30,31). The topological polar surface area (TPSA) is 87.4 Å². The predicted octanol–water partition coefficient (Wildman–Crippen LogP) is 4.46. The molecule has 1 aliphatic carbocycles. The van der Waals surface area contributed by atoms with Gasteiger partial charge in [-0.25, -0.2) is 4.98 Å². The lowest BCUT2D eigenvalue weighted by Crippen LogP contribution is -2.27. The van der Waals surface area contributed by atoms with Crippen LogP contribution >= 0.6 is 11.6 Å². The molecule has 3 N–H and O–H groups in total. The summed E-state index contributed by atoms with van der Waals surface area (Å²) >= 11 is 6.54. The molecule has 1 amide bonds. The molecule has 6 rings (SSSR count). The third kappa shape index (κ3) is 3.79. The second-order valence-corrected chi connectivity index (χ2v) is 9.99. The van der Waals surface area contributed by atoms with Gasteiger partial charge in [-0.05, 0) is 72.7 Å². The van der Waals surface area contributed by atoms with E-state index in [1.165, 1.54) is 29.5 Å². The summed E-state index contributed by atoms with van der Waals surface area (Å²) in [7, 11) is 2.17. The van der Waals surface area contributed by atoms with Gasteiger partial charge in [0.1, 0.15) is 5.02 Å². The lowest BCUT2D eigenvalue weighted by Gasteiger charge is -2.28. The molecule has 1 fully saturated rings. The van der Waals surface area contributed by atoms with Crippen molar-refractivity contribution in [3.8, 4) is 0 Å². The van der Waals surface area contributed by atoms with Crippen molar-refractivity contribution >= 4 is 40.6 Å². The van der Waals surface area contributed by atoms with Crippen LogP contribution in [0.3, 0.4) is 0 Å². The summed E-state index contributed by atoms with van der Waals surface area (Å²) in [6, 6.07) is 12.2. The lowest BCUT2D eigenvalue weighted by atomic mass is 9.91. The highest BCUT2D eigenvalue weighted by Gasteiger charge is 2.34. The van der Waals surface area contributed by atoms with Crippen molar-refractivity contribution in [1.82, 2.24) is 14.9 Å². The minimum atomic E-state index is -0.405. The van der Waals surface area contributed by atoms with Crippen molar-refractivity contribution < 1.29 is 4.79 Å². The van der Waals surface area contributed by atoms with Gasteiger partial charge in [0.25, 0.3) is 0 Å². The van der Waals surface area contributed by atoms with E-state index < -0.39 is 5.92 Å². The normalized spacial score (nSPS) is 19.6. The van der Waals surface area contributed by atoms with Crippen LogP contribution in [0.1, 0.15) is 46.9 Å². The van der Waals surface area contributed by atoms with Gasteiger partial charge < -0.3 is 20.9 Å². The Hall–Kier alpha value is -3.16. The Balaban J connectivity index is 1.34. The number of nitrogens with one attached hydrogen (secondary N) is 1. The molecule has 1 saturated carbocycles. The first-order chi connectivity index (χ1) is 16.5.